The molecule has 3 aromatic rings. The second-order valence-corrected chi connectivity index (χ2v) is 7.88. The number of nitro benzene ring substituents is 1. The van der Waals surface area contributed by atoms with Gasteiger partial charge in [-0.15, -0.1) is 11.3 Å². The molecular weight excluding hydrogens is 402 g/mol. The number of nitro groups is 1. The molecule has 0 saturated heterocycles. The van der Waals surface area contributed by atoms with E-state index in [0.29, 0.717) is 17.1 Å². The summed E-state index contributed by atoms with van der Waals surface area (Å²) in [6.45, 7) is 3.88. The highest BCUT2D eigenvalue weighted by atomic mass is 35.5. The van der Waals surface area contributed by atoms with Crippen molar-refractivity contribution in [3.63, 3.8) is 0 Å². The molecule has 2 heterocycles. The minimum absolute atomic E-state index is 0.00704. The van der Waals surface area contributed by atoms with Crippen LogP contribution in [0.4, 0.5) is 5.69 Å². The number of halogens is 1. The average molecular weight is 418 g/mol. The van der Waals surface area contributed by atoms with Crippen molar-refractivity contribution in [2.24, 2.45) is 0 Å². The summed E-state index contributed by atoms with van der Waals surface area (Å²) < 4.78 is 11.1. The van der Waals surface area contributed by atoms with E-state index < -0.39 is 4.92 Å². The molecule has 28 heavy (non-hydrogen) atoms. The quantitative estimate of drug-likeness (QED) is 0.204. The van der Waals surface area contributed by atoms with Gasteiger partial charge in [0, 0.05) is 26.4 Å². The Hall–Kier alpha value is -2.90. The number of rotatable bonds is 7. The van der Waals surface area contributed by atoms with E-state index in [0.717, 1.165) is 9.75 Å². The second kappa shape index (κ2) is 8.41. The van der Waals surface area contributed by atoms with Gasteiger partial charge in [-0.1, -0.05) is 11.6 Å². The number of ether oxygens (including phenoxy) is 1. The van der Waals surface area contributed by atoms with Crippen molar-refractivity contribution in [3.05, 3.63) is 84.4 Å². The number of thiophene rings is 1. The highest BCUT2D eigenvalue weighted by Crippen LogP contribution is 2.30. The highest BCUT2D eigenvalue weighted by molar-refractivity contribution is 7.12. The third-order valence-electron chi connectivity index (χ3n) is 3.88. The molecule has 0 atom stereocenters. The minimum atomic E-state index is -0.558. The number of carbonyl (C=O) groups is 1. The molecule has 0 N–H and O–H groups in total. The van der Waals surface area contributed by atoms with Crippen LogP contribution in [-0.4, -0.2) is 10.7 Å². The molecule has 2 aromatic heterocycles. The largest absolute Gasteiger partial charge is 0.479 e. The van der Waals surface area contributed by atoms with E-state index in [9.17, 15) is 14.9 Å². The van der Waals surface area contributed by atoms with Gasteiger partial charge in [-0.2, -0.15) is 0 Å². The predicted octanol–water partition coefficient (Wildman–Crippen LogP) is 5.99. The third-order valence-corrected chi connectivity index (χ3v) is 5.08. The Morgan fingerprint density at radius 3 is 2.75 bits per heavy atom. The SMILES string of the molecule is Cc1cc(C(=O)/C=C/c2ccc(COc3ccc(Cl)cc3[N+](=O)[O-])o2)c(C)s1. The van der Waals surface area contributed by atoms with Gasteiger partial charge in [-0.25, -0.2) is 0 Å². The number of aryl methyl sites for hydroxylation is 2. The van der Waals surface area contributed by atoms with E-state index in [1.165, 1.54) is 24.3 Å². The lowest BCUT2D eigenvalue weighted by atomic mass is 10.1. The summed E-state index contributed by atoms with van der Waals surface area (Å²) in [6.07, 6.45) is 3.05. The summed E-state index contributed by atoms with van der Waals surface area (Å²) in [5.41, 5.74) is 0.468. The van der Waals surface area contributed by atoms with Crippen LogP contribution < -0.4 is 4.74 Å². The van der Waals surface area contributed by atoms with Gasteiger partial charge in [0.15, 0.2) is 11.5 Å². The smallest absolute Gasteiger partial charge is 0.312 e. The van der Waals surface area contributed by atoms with Crippen LogP contribution in [0.25, 0.3) is 6.08 Å². The summed E-state index contributed by atoms with van der Waals surface area (Å²) in [4.78, 5) is 24.9. The normalized spacial score (nSPS) is 11.1. The predicted molar refractivity (Wildman–Crippen MR) is 108 cm³/mol. The minimum Gasteiger partial charge on any atom is -0.479 e. The summed E-state index contributed by atoms with van der Waals surface area (Å²) in [5.74, 6) is 0.968. The Morgan fingerprint density at radius 2 is 2.07 bits per heavy atom. The molecule has 0 aliphatic rings. The molecule has 8 heteroatoms. The maximum Gasteiger partial charge on any atom is 0.312 e. The first-order chi connectivity index (χ1) is 13.3. The molecule has 3 rings (SSSR count). The fraction of sp³-hybridized carbons (Fsp3) is 0.150. The molecule has 0 unspecified atom stereocenters. The monoisotopic (exact) mass is 417 g/mol. The number of hydrogen-bond acceptors (Lipinski definition) is 6. The number of allylic oxidation sites excluding steroid dienone is 1. The first-order valence-corrected chi connectivity index (χ1v) is 9.48. The van der Waals surface area contributed by atoms with Crippen molar-refractivity contribution >= 4 is 40.5 Å². The average Bonchev–Trinajstić information content (AvgIpc) is 3.24. The van der Waals surface area contributed by atoms with Crippen molar-refractivity contribution in [1.82, 2.24) is 0 Å². The topological polar surface area (TPSA) is 82.6 Å². The Kier molecular flexibility index (Phi) is 5.96. The van der Waals surface area contributed by atoms with Crippen molar-refractivity contribution < 1.29 is 18.9 Å². The van der Waals surface area contributed by atoms with Gasteiger partial charge in [0.1, 0.15) is 18.1 Å². The van der Waals surface area contributed by atoms with Gasteiger partial charge in [-0.05, 0) is 56.3 Å². The van der Waals surface area contributed by atoms with E-state index in [1.807, 2.05) is 19.9 Å². The van der Waals surface area contributed by atoms with E-state index in [1.54, 1.807) is 29.5 Å². The molecule has 0 fully saturated rings. The fourth-order valence-electron chi connectivity index (χ4n) is 2.59. The van der Waals surface area contributed by atoms with E-state index >= 15 is 0 Å². The van der Waals surface area contributed by atoms with Gasteiger partial charge in [0.05, 0.1) is 4.92 Å². The van der Waals surface area contributed by atoms with Gasteiger partial charge in [-0.3, -0.25) is 14.9 Å². The van der Waals surface area contributed by atoms with Gasteiger partial charge in [0.25, 0.3) is 0 Å². The molecule has 0 radical (unpaired) electrons. The van der Waals surface area contributed by atoms with Crippen LogP contribution in [0.2, 0.25) is 5.02 Å². The number of carbonyl (C=O) groups excluding carboxylic acids is 1. The number of nitrogens with zero attached hydrogens (tertiary/aromatic N) is 1. The van der Waals surface area contributed by atoms with E-state index in [-0.39, 0.29) is 28.8 Å². The molecule has 0 aliphatic heterocycles. The molecule has 0 aliphatic carbocycles. The number of hydrogen-bond donors (Lipinski definition) is 0. The van der Waals surface area contributed by atoms with Crippen LogP contribution in [0.3, 0.4) is 0 Å². The molecule has 0 bridgehead atoms. The molecule has 6 nitrogen and oxygen atoms in total. The Bertz CT molecular complexity index is 1070. The second-order valence-electron chi connectivity index (χ2n) is 5.99. The maximum absolute atomic E-state index is 12.3. The molecule has 144 valence electrons. The lowest BCUT2D eigenvalue weighted by molar-refractivity contribution is -0.385. The zero-order valence-electron chi connectivity index (χ0n) is 15.1. The van der Waals surface area contributed by atoms with Gasteiger partial charge < -0.3 is 9.15 Å². The maximum atomic E-state index is 12.3. The Labute approximate surface area is 170 Å². The van der Waals surface area contributed by atoms with Crippen LogP contribution in [0, 0.1) is 24.0 Å². The fourth-order valence-corrected chi connectivity index (χ4v) is 3.68. The Morgan fingerprint density at radius 1 is 1.29 bits per heavy atom. The van der Waals surface area contributed by atoms with Gasteiger partial charge >= 0.3 is 5.69 Å². The van der Waals surface area contributed by atoms with Crippen molar-refractivity contribution in [3.8, 4) is 5.75 Å². The van der Waals surface area contributed by atoms with Crippen molar-refractivity contribution in [1.29, 1.82) is 0 Å². The van der Waals surface area contributed by atoms with Crippen LogP contribution >= 0.6 is 22.9 Å². The van der Waals surface area contributed by atoms with Crippen molar-refractivity contribution in [2.75, 3.05) is 0 Å². The Balaban J connectivity index is 1.66. The van der Waals surface area contributed by atoms with E-state index in [4.69, 9.17) is 20.8 Å². The molecular formula is C20H16ClNO5S. The lowest BCUT2D eigenvalue weighted by Gasteiger charge is -2.05. The molecule has 1 aromatic carbocycles. The molecule has 0 saturated carbocycles. The van der Waals surface area contributed by atoms with Crippen LogP contribution in [-0.2, 0) is 6.61 Å². The highest BCUT2D eigenvalue weighted by Gasteiger charge is 2.16. The zero-order valence-corrected chi connectivity index (χ0v) is 16.7. The van der Waals surface area contributed by atoms with Crippen LogP contribution in [0.15, 0.2) is 46.9 Å². The number of ketones is 1. The first kappa shape index (κ1) is 19.9. The standard InChI is InChI=1S/C20H16ClNO5S/c1-12-9-17(13(2)28-12)19(23)7-6-15-4-5-16(27-15)11-26-20-8-3-14(21)10-18(20)22(24)25/h3-10H,11H2,1-2H3/b7-6+. The van der Waals surface area contributed by atoms with Crippen LogP contribution in [0.5, 0.6) is 5.75 Å². The molecule has 0 amide bonds. The number of benzene rings is 1. The van der Waals surface area contributed by atoms with Crippen molar-refractivity contribution in [2.45, 2.75) is 20.5 Å². The summed E-state index contributed by atoms with van der Waals surface area (Å²) in [7, 11) is 0. The third kappa shape index (κ3) is 4.68. The van der Waals surface area contributed by atoms with Crippen LogP contribution in [0.1, 0.15) is 31.6 Å². The summed E-state index contributed by atoms with van der Waals surface area (Å²) in [5, 5.41) is 11.3. The van der Waals surface area contributed by atoms with Gasteiger partial charge in [0.2, 0.25) is 0 Å². The number of furan rings is 1. The first-order valence-electron chi connectivity index (χ1n) is 8.28. The lowest BCUT2D eigenvalue weighted by Crippen LogP contribution is -1.98. The summed E-state index contributed by atoms with van der Waals surface area (Å²) >= 11 is 7.36. The summed E-state index contributed by atoms with van der Waals surface area (Å²) in [6, 6.07) is 9.43. The van der Waals surface area contributed by atoms with E-state index in [2.05, 4.69) is 0 Å². The zero-order chi connectivity index (χ0) is 20.3. The molecule has 0 spiro atoms.